The third-order valence-corrected chi connectivity index (χ3v) is 5.20. The summed E-state index contributed by atoms with van der Waals surface area (Å²) in [7, 11) is 0. The predicted molar refractivity (Wildman–Crippen MR) is 125 cm³/mol. The van der Waals surface area contributed by atoms with Gasteiger partial charge >= 0.3 is 5.97 Å². The molecule has 0 aliphatic heterocycles. The number of ether oxygens (including phenoxy) is 1. The van der Waals surface area contributed by atoms with Gasteiger partial charge in [0.1, 0.15) is 35.6 Å². The highest BCUT2D eigenvalue weighted by atomic mass is 19.1. The third-order valence-electron chi connectivity index (χ3n) is 5.20. The monoisotopic (exact) mass is 459 g/mol. The Kier molecular flexibility index (Phi) is 6.37. The number of aliphatic carboxylic acids is 1. The SMILES string of the molecule is CCOc1ccccc1-c1ccc(-c2nc3ccc(F)cc3c(NCC(=O)O)c2C#N)c(F)c1. The molecule has 34 heavy (non-hydrogen) atoms. The van der Waals surface area contributed by atoms with Gasteiger partial charge in [0, 0.05) is 16.5 Å². The molecule has 0 atom stereocenters. The van der Waals surface area contributed by atoms with Gasteiger partial charge in [0.15, 0.2) is 0 Å². The molecule has 3 aromatic carbocycles. The number of nitrogens with one attached hydrogen (secondary N) is 1. The standard InChI is InChI=1S/C26H19F2N3O3/c1-2-34-23-6-4-3-5-17(23)15-7-9-18(21(28)11-15)26-20(13-29)25(30-14-24(32)33)19-12-16(27)8-10-22(19)31-26/h3-12H,2,14H2,1H3,(H,30,31)(H,32,33). The number of anilines is 1. The van der Waals surface area contributed by atoms with E-state index in [9.17, 15) is 14.4 Å². The van der Waals surface area contributed by atoms with Crippen LogP contribution in [0.25, 0.3) is 33.3 Å². The van der Waals surface area contributed by atoms with Crippen molar-refractivity contribution in [2.45, 2.75) is 6.92 Å². The Morgan fingerprint density at radius 2 is 1.91 bits per heavy atom. The molecule has 8 heteroatoms. The highest BCUT2D eigenvalue weighted by molar-refractivity contribution is 5.99. The summed E-state index contributed by atoms with van der Waals surface area (Å²) in [6.45, 7) is 1.80. The van der Waals surface area contributed by atoms with Crippen LogP contribution in [-0.4, -0.2) is 29.2 Å². The molecule has 0 unspecified atom stereocenters. The number of nitrogens with zero attached hydrogens (tertiary/aromatic N) is 2. The number of halogens is 2. The maximum absolute atomic E-state index is 15.4. The quantitative estimate of drug-likeness (QED) is 0.373. The fourth-order valence-electron chi connectivity index (χ4n) is 3.75. The number of nitriles is 1. The number of para-hydroxylation sites is 1. The first-order valence-corrected chi connectivity index (χ1v) is 10.4. The lowest BCUT2D eigenvalue weighted by Gasteiger charge is -2.15. The molecule has 4 aromatic rings. The van der Waals surface area contributed by atoms with Gasteiger partial charge in [-0.25, -0.2) is 13.8 Å². The van der Waals surface area contributed by atoms with E-state index < -0.39 is 24.1 Å². The Bertz CT molecular complexity index is 1450. The molecular weight excluding hydrogens is 440 g/mol. The van der Waals surface area contributed by atoms with E-state index in [1.165, 1.54) is 24.3 Å². The second-order valence-electron chi connectivity index (χ2n) is 7.35. The number of carboxylic acid groups (broad SMARTS) is 1. The number of hydrogen-bond acceptors (Lipinski definition) is 5. The van der Waals surface area contributed by atoms with Crippen molar-refractivity contribution in [3.63, 3.8) is 0 Å². The van der Waals surface area contributed by atoms with Crippen molar-refractivity contribution < 1.29 is 23.4 Å². The van der Waals surface area contributed by atoms with Gasteiger partial charge in [-0.05, 0) is 48.9 Å². The fraction of sp³-hybridized carbons (Fsp3) is 0.115. The summed E-state index contributed by atoms with van der Waals surface area (Å²) in [4.78, 5) is 15.5. The summed E-state index contributed by atoms with van der Waals surface area (Å²) >= 11 is 0. The molecule has 0 saturated heterocycles. The van der Waals surface area contributed by atoms with E-state index >= 15 is 4.39 Å². The van der Waals surface area contributed by atoms with E-state index in [2.05, 4.69) is 10.3 Å². The lowest BCUT2D eigenvalue weighted by molar-refractivity contribution is -0.134. The number of aromatic nitrogens is 1. The molecule has 0 amide bonds. The van der Waals surface area contributed by atoms with Gasteiger partial charge in [-0.1, -0.05) is 24.3 Å². The molecule has 1 aromatic heterocycles. The zero-order valence-corrected chi connectivity index (χ0v) is 18.1. The minimum absolute atomic E-state index is 0.0247. The van der Waals surface area contributed by atoms with Crippen molar-refractivity contribution in [2.24, 2.45) is 0 Å². The normalized spacial score (nSPS) is 10.6. The van der Waals surface area contributed by atoms with Gasteiger partial charge in [-0.3, -0.25) is 4.79 Å². The second kappa shape index (κ2) is 9.55. The maximum Gasteiger partial charge on any atom is 0.322 e. The zero-order valence-electron chi connectivity index (χ0n) is 18.1. The van der Waals surface area contributed by atoms with E-state index in [-0.39, 0.29) is 33.4 Å². The van der Waals surface area contributed by atoms with Crippen LogP contribution in [-0.2, 0) is 4.79 Å². The van der Waals surface area contributed by atoms with E-state index in [4.69, 9.17) is 9.84 Å². The molecule has 0 radical (unpaired) electrons. The molecule has 0 fully saturated rings. The number of benzene rings is 3. The predicted octanol–water partition coefficient (Wildman–Crippen LogP) is 5.61. The van der Waals surface area contributed by atoms with Crippen LogP contribution < -0.4 is 10.1 Å². The fourth-order valence-corrected chi connectivity index (χ4v) is 3.75. The van der Waals surface area contributed by atoms with Crippen molar-refractivity contribution in [3.8, 4) is 34.2 Å². The van der Waals surface area contributed by atoms with Crippen LogP contribution >= 0.6 is 0 Å². The van der Waals surface area contributed by atoms with Crippen LogP contribution in [0.4, 0.5) is 14.5 Å². The molecule has 0 aliphatic rings. The highest BCUT2D eigenvalue weighted by Crippen LogP contribution is 2.37. The van der Waals surface area contributed by atoms with Crippen molar-refractivity contribution in [2.75, 3.05) is 18.5 Å². The Morgan fingerprint density at radius 1 is 1.12 bits per heavy atom. The number of fused-ring (bicyclic) bond motifs is 1. The molecule has 170 valence electrons. The third kappa shape index (κ3) is 4.36. The summed E-state index contributed by atoms with van der Waals surface area (Å²) in [6, 6.07) is 17.5. The van der Waals surface area contributed by atoms with Crippen LogP contribution in [0.5, 0.6) is 5.75 Å². The van der Waals surface area contributed by atoms with Gasteiger partial charge in [-0.15, -0.1) is 0 Å². The smallest absolute Gasteiger partial charge is 0.322 e. The summed E-state index contributed by atoms with van der Waals surface area (Å²) in [6.07, 6.45) is 0. The van der Waals surface area contributed by atoms with E-state index in [0.717, 1.165) is 6.07 Å². The molecule has 4 rings (SSSR count). The van der Waals surface area contributed by atoms with Gasteiger partial charge in [0.2, 0.25) is 0 Å². The first kappa shape index (κ1) is 22.7. The average Bonchev–Trinajstić information content (AvgIpc) is 2.82. The molecule has 6 nitrogen and oxygen atoms in total. The second-order valence-corrected chi connectivity index (χ2v) is 7.35. The van der Waals surface area contributed by atoms with E-state index in [1.807, 2.05) is 31.2 Å². The van der Waals surface area contributed by atoms with Crippen molar-refractivity contribution in [3.05, 3.63) is 77.9 Å². The molecule has 0 aliphatic carbocycles. The summed E-state index contributed by atoms with van der Waals surface area (Å²) < 4.78 is 34.9. The molecule has 1 heterocycles. The van der Waals surface area contributed by atoms with Crippen molar-refractivity contribution in [1.82, 2.24) is 4.98 Å². The number of pyridine rings is 1. The van der Waals surface area contributed by atoms with Crippen molar-refractivity contribution >= 4 is 22.6 Å². The topological polar surface area (TPSA) is 95.2 Å². The van der Waals surface area contributed by atoms with Gasteiger partial charge in [-0.2, -0.15) is 5.26 Å². The summed E-state index contributed by atoms with van der Waals surface area (Å²) in [5.74, 6) is -1.76. The molecule has 2 N–H and O–H groups in total. The lowest BCUT2D eigenvalue weighted by Crippen LogP contribution is -2.14. The average molecular weight is 459 g/mol. The van der Waals surface area contributed by atoms with Crippen LogP contribution in [0.2, 0.25) is 0 Å². The molecule has 0 bridgehead atoms. The molecule has 0 saturated carbocycles. The Labute approximate surface area is 194 Å². The van der Waals surface area contributed by atoms with Crippen LogP contribution in [0.3, 0.4) is 0 Å². The lowest BCUT2D eigenvalue weighted by atomic mass is 9.97. The van der Waals surface area contributed by atoms with Gasteiger partial charge < -0.3 is 15.2 Å². The maximum atomic E-state index is 15.4. The Hall–Kier alpha value is -4.51. The van der Waals surface area contributed by atoms with Gasteiger partial charge in [0.05, 0.1) is 23.5 Å². The van der Waals surface area contributed by atoms with Crippen LogP contribution in [0.1, 0.15) is 12.5 Å². The minimum Gasteiger partial charge on any atom is -0.493 e. The van der Waals surface area contributed by atoms with E-state index in [1.54, 1.807) is 12.1 Å². The van der Waals surface area contributed by atoms with Crippen LogP contribution in [0, 0.1) is 23.0 Å². The minimum atomic E-state index is -1.17. The number of carbonyl (C=O) groups is 1. The molecular formula is C26H19F2N3O3. The number of rotatable bonds is 7. The van der Waals surface area contributed by atoms with Crippen LogP contribution in [0.15, 0.2) is 60.7 Å². The summed E-state index contributed by atoms with van der Waals surface area (Å²) in [5.41, 5.74) is 1.65. The summed E-state index contributed by atoms with van der Waals surface area (Å²) in [5, 5.41) is 21.8. The first-order chi connectivity index (χ1) is 16.4. The van der Waals surface area contributed by atoms with Crippen molar-refractivity contribution in [1.29, 1.82) is 5.26 Å². The number of hydrogen-bond donors (Lipinski definition) is 2. The Balaban J connectivity index is 1.89. The van der Waals surface area contributed by atoms with E-state index in [0.29, 0.717) is 23.5 Å². The molecule has 0 spiro atoms. The highest BCUT2D eigenvalue weighted by Gasteiger charge is 2.20. The van der Waals surface area contributed by atoms with Gasteiger partial charge in [0.25, 0.3) is 0 Å². The Morgan fingerprint density at radius 3 is 2.62 bits per heavy atom. The largest absolute Gasteiger partial charge is 0.493 e. The first-order valence-electron chi connectivity index (χ1n) is 10.4. The number of carboxylic acids is 1. The zero-order chi connectivity index (χ0) is 24.2.